The normalized spacial score (nSPS) is 29.9. The third kappa shape index (κ3) is 4.75. The van der Waals surface area contributed by atoms with Crippen LogP contribution in [0.5, 0.6) is 0 Å². The molecule has 4 N–H and O–H groups in total. The standard InChI is InChI=1S/C27H36N2O3/c1-19-12-13-23(30)25(19)29-15-14-27(26(29)32,17-21-10-6-3-7-11-21)18-24(31)22(28)16-20-8-4-2-5-9-20/h2-11,19,22-25,30-31H,12-18,28H2,1H3. The number of hydrogen-bond acceptors (Lipinski definition) is 4. The van der Waals surface area contributed by atoms with Gasteiger partial charge in [-0.1, -0.05) is 67.6 Å². The van der Waals surface area contributed by atoms with Gasteiger partial charge in [-0.3, -0.25) is 4.79 Å². The molecule has 1 saturated carbocycles. The third-order valence-electron chi connectivity index (χ3n) is 7.59. The maximum Gasteiger partial charge on any atom is 0.229 e. The topological polar surface area (TPSA) is 86.8 Å². The van der Waals surface area contributed by atoms with Crippen LogP contribution in [0.1, 0.15) is 43.7 Å². The Morgan fingerprint density at radius 3 is 2.28 bits per heavy atom. The molecule has 1 aliphatic heterocycles. The number of nitrogens with zero attached hydrogens (tertiary/aromatic N) is 1. The Morgan fingerprint density at radius 1 is 1.06 bits per heavy atom. The highest BCUT2D eigenvalue weighted by Crippen LogP contribution is 2.44. The largest absolute Gasteiger partial charge is 0.391 e. The summed E-state index contributed by atoms with van der Waals surface area (Å²) in [5, 5.41) is 21.7. The SMILES string of the molecule is CC1CCC(O)C1N1CCC(Cc2ccccc2)(CC(O)C(N)Cc2ccccc2)C1=O. The minimum Gasteiger partial charge on any atom is -0.391 e. The lowest BCUT2D eigenvalue weighted by Crippen LogP contribution is -2.49. The third-order valence-corrected chi connectivity index (χ3v) is 7.59. The summed E-state index contributed by atoms with van der Waals surface area (Å²) in [5.41, 5.74) is 7.89. The molecule has 2 aliphatic rings. The van der Waals surface area contributed by atoms with E-state index in [1.54, 1.807) is 0 Å². The van der Waals surface area contributed by atoms with E-state index in [4.69, 9.17) is 5.73 Å². The van der Waals surface area contributed by atoms with Crippen LogP contribution in [-0.2, 0) is 17.6 Å². The molecule has 1 saturated heterocycles. The average molecular weight is 437 g/mol. The molecule has 0 spiro atoms. The molecule has 5 nitrogen and oxygen atoms in total. The van der Waals surface area contributed by atoms with Gasteiger partial charge in [0.15, 0.2) is 0 Å². The van der Waals surface area contributed by atoms with Crippen LogP contribution in [0.2, 0.25) is 0 Å². The van der Waals surface area contributed by atoms with E-state index in [9.17, 15) is 15.0 Å². The van der Waals surface area contributed by atoms with Crippen LogP contribution in [0.4, 0.5) is 0 Å². The second-order valence-corrected chi connectivity index (χ2v) is 9.93. The first-order chi connectivity index (χ1) is 15.4. The zero-order chi connectivity index (χ0) is 22.7. The summed E-state index contributed by atoms with van der Waals surface area (Å²) in [7, 11) is 0. The van der Waals surface area contributed by atoms with Crippen LogP contribution in [0.25, 0.3) is 0 Å². The average Bonchev–Trinajstić information content (AvgIpc) is 3.28. The summed E-state index contributed by atoms with van der Waals surface area (Å²) in [6.07, 6.45) is 2.58. The fraction of sp³-hybridized carbons (Fsp3) is 0.519. The Bertz CT molecular complexity index is 880. The van der Waals surface area contributed by atoms with Crippen molar-refractivity contribution in [3.8, 4) is 0 Å². The molecule has 32 heavy (non-hydrogen) atoms. The monoisotopic (exact) mass is 436 g/mol. The number of amides is 1. The van der Waals surface area contributed by atoms with E-state index in [1.165, 1.54) is 0 Å². The highest BCUT2D eigenvalue weighted by Gasteiger charge is 2.52. The van der Waals surface area contributed by atoms with Gasteiger partial charge in [0.25, 0.3) is 0 Å². The minimum absolute atomic E-state index is 0.0603. The van der Waals surface area contributed by atoms with Gasteiger partial charge in [0.2, 0.25) is 5.91 Å². The van der Waals surface area contributed by atoms with Crippen molar-refractivity contribution in [1.82, 2.24) is 4.90 Å². The molecule has 1 amide bonds. The van der Waals surface area contributed by atoms with Gasteiger partial charge in [0.05, 0.1) is 23.7 Å². The lowest BCUT2D eigenvalue weighted by molar-refractivity contribution is -0.142. The lowest BCUT2D eigenvalue weighted by atomic mass is 9.74. The van der Waals surface area contributed by atoms with Gasteiger partial charge >= 0.3 is 0 Å². The second kappa shape index (κ2) is 9.74. The highest BCUT2D eigenvalue weighted by atomic mass is 16.3. The van der Waals surface area contributed by atoms with E-state index < -0.39 is 23.7 Å². The van der Waals surface area contributed by atoms with Crippen LogP contribution in [0.15, 0.2) is 60.7 Å². The molecule has 2 aromatic carbocycles. The smallest absolute Gasteiger partial charge is 0.229 e. The van der Waals surface area contributed by atoms with Crippen LogP contribution >= 0.6 is 0 Å². The molecule has 0 radical (unpaired) electrons. The van der Waals surface area contributed by atoms with E-state index in [2.05, 4.69) is 6.92 Å². The molecule has 6 unspecified atom stereocenters. The number of hydrogen-bond donors (Lipinski definition) is 3. The number of likely N-dealkylation sites (tertiary alicyclic amines) is 1. The maximum absolute atomic E-state index is 13.9. The Balaban J connectivity index is 1.55. The summed E-state index contributed by atoms with van der Waals surface area (Å²) >= 11 is 0. The Morgan fingerprint density at radius 2 is 1.69 bits per heavy atom. The molecule has 0 aromatic heterocycles. The summed E-state index contributed by atoms with van der Waals surface area (Å²) in [4.78, 5) is 15.8. The van der Waals surface area contributed by atoms with Crippen LogP contribution in [0, 0.1) is 11.3 Å². The van der Waals surface area contributed by atoms with Gasteiger partial charge in [-0.2, -0.15) is 0 Å². The molecule has 172 valence electrons. The molecular formula is C27H36N2O3. The predicted molar refractivity (Wildman–Crippen MR) is 126 cm³/mol. The number of carbonyl (C=O) groups excluding carboxylic acids is 1. The molecule has 6 atom stereocenters. The number of aliphatic hydroxyl groups is 2. The first-order valence-corrected chi connectivity index (χ1v) is 11.9. The van der Waals surface area contributed by atoms with Crippen molar-refractivity contribution in [2.24, 2.45) is 17.1 Å². The molecule has 4 rings (SSSR count). The van der Waals surface area contributed by atoms with Crippen molar-refractivity contribution in [3.05, 3.63) is 71.8 Å². The Hall–Kier alpha value is -2.21. The summed E-state index contributed by atoms with van der Waals surface area (Å²) in [6, 6.07) is 19.4. The van der Waals surface area contributed by atoms with Gasteiger partial charge in [-0.05, 0) is 55.6 Å². The van der Waals surface area contributed by atoms with Crippen LogP contribution in [0.3, 0.4) is 0 Å². The molecular weight excluding hydrogens is 400 g/mol. The van der Waals surface area contributed by atoms with Crippen molar-refractivity contribution >= 4 is 5.91 Å². The predicted octanol–water partition coefficient (Wildman–Crippen LogP) is 2.93. The second-order valence-electron chi connectivity index (χ2n) is 9.93. The molecule has 1 aliphatic carbocycles. The summed E-state index contributed by atoms with van der Waals surface area (Å²) in [5.74, 6) is 0.344. The van der Waals surface area contributed by atoms with Crippen molar-refractivity contribution in [3.63, 3.8) is 0 Å². The van der Waals surface area contributed by atoms with E-state index in [-0.39, 0.29) is 17.9 Å². The van der Waals surface area contributed by atoms with E-state index in [1.807, 2.05) is 65.6 Å². The first kappa shape index (κ1) is 23.0. The van der Waals surface area contributed by atoms with E-state index in [0.29, 0.717) is 32.2 Å². The first-order valence-electron chi connectivity index (χ1n) is 11.9. The van der Waals surface area contributed by atoms with Gasteiger partial charge in [0.1, 0.15) is 0 Å². The summed E-state index contributed by atoms with van der Waals surface area (Å²) in [6.45, 7) is 2.74. The maximum atomic E-state index is 13.9. The van der Waals surface area contributed by atoms with Crippen molar-refractivity contribution in [2.75, 3.05) is 6.54 Å². The molecule has 1 heterocycles. The number of benzene rings is 2. The van der Waals surface area contributed by atoms with Crippen molar-refractivity contribution < 1.29 is 15.0 Å². The minimum atomic E-state index is -0.784. The molecule has 0 bridgehead atoms. The highest BCUT2D eigenvalue weighted by molar-refractivity contribution is 5.85. The number of carbonyl (C=O) groups is 1. The van der Waals surface area contributed by atoms with E-state index in [0.717, 1.165) is 24.0 Å². The molecule has 5 heteroatoms. The fourth-order valence-corrected chi connectivity index (χ4v) is 5.79. The van der Waals surface area contributed by atoms with Gasteiger partial charge in [-0.15, -0.1) is 0 Å². The number of nitrogens with two attached hydrogens (primary N) is 1. The van der Waals surface area contributed by atoms with Crippen molar-refractivity contribution in [1.29, 1.82) is 0 Å². The fourth-order valence-electron chi connectivity index (χ4n) is 5.79. The Kier molecular flexibility index (Phi) is 6.99. The van der Waals surface area contributed by atoms with Crippen LogP contribution in [-0.4, -0.2) is 51.9 Å². The Labute approximate surface area is 191 Å². The molecule has 2 fully saturated rings. The summed E-state index contributed by atoms with van der Waals surface area (Å²) < 4.78 is 0. The zero-order valence-electron chi connectivity index (χ0n) is 18.9. The quantitative estimate of drug-likeness (QED) is 0.594. The molecule has 2 aromatic rings. The van der Waals surface area contributed by atoms with E-state index >= 15 is 0 Å². The van der Waals surface area contributed by atoms with Crippen LogP contribution < -0.4 is 5.73 Å². The lowest BCUT2D eigenvalue weighted by Gasteiger charge is -2.35. The van der Waals surface area contributed by atoms with Crippen molar-refractivity contribution in [2.45, 2.75) is 69.7 Å². The van der Waals surface area contributed by atoms with Gasteiger partial charge in [0, 0.05) is 12.6 Å². The number of rotatable bonds is 8. The number of aliphatic hydroxyl groups excluding tert-OH is 2. The zero-order valence-corrected chi connectivity index (χ0v) is 18.9. The van der Waals surface area contributed by atoms with Gasteiger partial charge in [-0.25, -0.2) is 0 Å². The van der Waals surface area contributed by atoms with Gasteiger partial charge < -0.3 is 20.8 Å².